The smallest absolute Gasteiger partial charge is 0.312 e. The van der Waals surface area contributed by atoms with E-state index >= 15 is 0 Å². The van der Waals surface area contributed by atoms with E-state index in [2.05, 4.69) is 18.2 Å². The summed E-state index contributed by atoms with van der Waals surface area (Å²) < 4.78 is 10.9. The summed E-state index contributed by atoms with van der Waals surface area (Å²) in [5, 5.41) is 2.28. The van der Waals surface area contributed by atoms with Gasteiger partial charge < -0.3 is 9.47 Å². The van der Waals surface area contributed by atoms with E-state index in [9.17, 15) is 4.79 Å². The van der Waals surface area contributed by atoms with Crippen LogP contribution in [0.4, 0.5) is 0 Å². The Morgan fingerprint density at radius 3 is 2.68 bits per heavy atom. The molecule has 0 aromatic heterocycles. The van der Waals surface area contributed by atoms with Crippen LogP contribution in [0, 0.1) is 17.8 Å². The minimum Gasteiger partial charge on any atom is -0.457 e. The van der Waals surface area contributed by atoms with Crippen LogP contribution in [0.25, 0.3) is 10.8 Å². The molecule has 1 fully saturated rings. The first kappa shape index (κ1) is 13.4. The van der Waals surface area contributed by atoms with Crippen molar-refractivity contribution in [2.45, 2.75) is 12.8 Å². The lowest BCUT2D eigenvalue weighted by atomic mass is 9.94. The Labute approximate surface area is 129 Å². The number of ether oxygens (including phenoxy) is 2. The van der Waals surface area contributed by atoms with Crippen molar-refractivity contribution in [1.82, 2.24) is 0 Å². The standard InChI is InChI=1S/C19H18O3/c20-19(18-10-13-5-6-16(18)9-13)22-12-21-17-8-7-14-3-1-2-4-15(14)11-17/h1-8,11,13,16,18H,9-10,12H2. The summed E-state index contributed by atoms with van der Waals surface area (Å²) in [5.41, 5.74) is 0. The zero-order valence-electron chi connectivity index (χ0n) is 12.3. The van der Waals surface area contributed by atoms with Crippen molar-refractivity contribution in [2.24, 2.45) is 17.8 Å². The number of hydrogen-bond donors (Lipinski definition) is 0. The number of hydrogen-bond acceptors (Lipinski definition) is 3. The molecule has 0 N–H and O–H groups in total. The van der Waals surface area contributed by atoms with Gasteiger partial charge in [-0.15, -0.1) is 0 Å². The molecule has 2 aliphatic carbocycles. The third-order valence-electron chi connectivity index (χ3n) is 4.73. The van der Waals surface area contributed by atoms with Crippen LogP contribution in [0.3, 0.4) is 0 Å². The summed E-state index contributed by atoms with van der Waals surface area (Å²) in [6.45, 7) is -0.0191. The van der Waals surface area contributed by atoms with Crippen LogP contribution in [0.1, 0.15) is 12.8 Å². The van der Waals surface area contributed by atoms with Gasteiger partial charge in [0.05, 0.1) is 5.92 Å². The molecule has 0 spiro atoms. The van der Waals surface area contributed by atoms with E-state index in [-0.39, 0.29) is 18.7 Å². The lowest BCUT2D eigenvalue weighted by Crippen LogP contribution is -2.23. The van der Waals surface area contributed by atoms with E-state index in [0.29, 0.717) is 11.8 Å². The minimum atomic E-state index is -0.127. The number of esters is 1. The van der Waals surface area contributed by atoms with E-state index in [1.165, 1.54) is 5.39 Å². The number of carbonyl (C=O) groups excluding carboxylic acids is 1. The molecule has 0 aliphatic heterocycles. The highest BCUT2D eigenvalue weighted by atomic mass is 16.7. The number of carbonyl (C=O) groups is 1. The van der Waals surface area contributed by atoms with Crippen LogP contribution in [0.15, 0.2) is 54.6 Å². The molecule has 2 bridgehead atoms. The van der Waals surface area contributed by atoms with Crippen LogP contribution >= 0.6 is 0 Å². The van der Waals surface area contributed by atoms with E-state index in [4.69, 9.17) is 9.47 Å². The Kier molecular flexibility index (Phi) is 3.34. The first-order chi connectivity index (χ1) is 10.8. The largest absolute Gasteiger partial charge is 0.457 e. The van der Waals surface area contributed by atoms with Crippen molar-refractivity contribution in [3.8, 4) is 5.75 Å². The first-order valence-electron chi connectivity index (χ1n) is 7.76. The fourth-order valence-corrected chi connectivity index (χ4v) is 3.57. The molecule has 3 unspecified atom stereocenters. The molecule has 1 saturated carbocycles. The second kappa shape index (κ2) is 5.48. The van der Waals surface area contributed by atoms with Crippen molar-refractivity contribution in [3.63, 3.8) is 0 Å². The first-order valence-corrected chi connectivity index (χ1v) is 7.76. The monoisotopic (exact) mass is 294 g/mol. The predicted octanol–water partition coefficient (Wildman–Crippen LogP) is 3.93. The van der Waals surface area contributed by atoms with Gasteiger partial charge >= 0.3 is 5.97 Å². The molecule has 3 nitrogen and oxygen atoms in total. The van der Waals surface area contributed by atoms with Gasteiger partial charge in [-0.05, 0) is 47.6 Å². The third-order valence-corrected chi connectivity index (χ3v) is 4.73. The highest BCUT2D eigenvalue weighted by Crippen LogP contribution is 2.43. The molecular weight excluding hydrogens is 276 g/mol. The normalized spacial score (nSPS) is 25.5. The van der Waals surface area contributed by atoms with Gasteiger partial charge in [-0.3, -0.25) is 4.79 Å². The Bertz CT molecular complexity index is 734. The van der Waals surface area contributed by atoms with Crippen molar-refractivity contribution in [2.75, 3.05) is 6.79 Å². The average Bonchev–Trinajstić information content (AvgIpc) is 3.18. The lowest BCUT2D eigenvalue weighted by Gasteiger charge is -2.16. The number of fused-ring (bicyclic) bond motifs is 3. The van der Waals surface area contributed by atoms with Gasteiger partial charge in [0, 0.05) is 0 Å². The molecule has 2 aromatic carbocycles. The molecular formula is C19H18O3. The average molecular weight is 294 g/mol. The molecule has 4 rings (SSSR count). The maximum Gasteiger partial charge on any atom is 0.312 e. The predicted molar refractivity (Wildman–Crippen MR) is 84.4 cm³/mol. The summed E-state index contributed by atoms with van der Waals surface area (Å²) in [5.74, 6) is 1.56. The topological polar surface area (TPSA) is 35.5 Å². The van der Waals surface area contributed by atoms with Crippen LogP contribution in [0.2, 0.25) is 0 Å². The third kappa shape index (κ3) is 2.47. The second-order valence-corrected chi connectivity index (χ2v) is 6.12. The summed E-state index contributed by atoms with van der Waals surface area (Å²) in [6, 6.07) is 14.0. The fraction of sp³-hybridized carbons (Fsp3) is 0.316. The van der Waals surface area contributed by atoms with Crippen molar-refractivity contribution >= 4 is 16.7 Å². The molecule has 0 amide bonds. The zero-order chi connectivity index (χ0) is 14.9. The second-order valence-electron chi connectivity index (χ2n) is 6.12. The van der Waals surface area contributed by atoms with Crippen molar-refractivity contribution in [3.05, 3.63) is 54.6 Å². The lowest BCUT2D eigenvalue weighted by molar-refractivity contribution is -0.156. The van der Waals surface area contributed by atoms with Gasteiger partial charge in [-0.1, -0.05) is 42.5 Å². The van der Waals surface area contributed by atoms with E-state index in [0.717, 1.165) is 24.0 Å². The molecule has 2 aliphatic rings. The van der Waals surface area contributed by atoms with Gasteiger partial charge in [0.2, 0.25) is 6.79 Å². The molecule has 112 valence electrons. The van der Waals surface area contributed by atoms with E-state index in [1.807, 2.05) is 36.4 Å². The summed E-state index contributed by atoms with van der Waals surface area (Å²) in [7, 11) is 0. The van der Waals surface area contributed by atoms with Crippen LogP contribution in [0.5, 0.6) is 5.75 Å². The van der Waals surface area contributed by atoms with Crippen LogP contribution < -0.4 is 4.74 Å². The van der Waals surface area contributed by atoms with Crippen molar-refractivity contribution in [1.29, 1.82) is 0 Å². The number of benzene rings is 2. The molecule has 22 heavy (non-hydrogen) atoms. The number of rotatable bonds is 4. The molecule has 0 saturated heterocycles. The van der Waals surface area contributed by atoms with E-state index in [1.54, 1.807) is 0 Å². The van der Waals surface area contributed by atoms with E-state index < -0.39 is 0 Å². The summed E-state index contributed by atoms with van der Waals surface area (Å²) in [4.78, 5) is 12.1. The number of allylic oxidation sites excluding steroid dienone is 2. The maximum atomic E-state index is 12.1. The quantitative estimate of drug-likeness (QED) is 0.487. The Morgan fingerprint density at radius 1 is 1.05 bits per heavy atom. The highest BCUT2D eigenvalue weighted by molar-refractivity contribution is 5.83. The van der Waals surface area contributed by atoms with Crippen LogP contribution in [-0.2, 0) is 9.53 Å². The Hall–Kier alpha value is -2.29. The zero-order valence-corrected chi connectivity index (χ0v) is 12.3. The minimum absolute atomic E-state index is 0.0191. The van der Waals surface area contributed by atoms with Crippen LogP contribution in [-0.4, -0.2) is 12.8 Å². The SMILES string of the molecule is O=C(OCOc1ccc2ccccc2c1)C1CC2C=CC1C2. The van der Waals surface area contributed by atoms with Crippen molar-refractivity contribution < 1.29 is 14.3 Å². The Balaban J connectivity index is 1.34. The molecule has 2 aromatic rings. The van der Waals surface area contributed by atoms with Gasteiger partial charge in [0.1, 0.15) is 5.75 Å². The molecule has 3 atom stereocenters. The van der Waals surface area contributed by atoms with Gasteiger partial charge in [0.25, 0.3) is 0 Å². The van der Waals surface area contributed by atoms with Gasteiger partial charge in [-0.2, -0.15) is 0 Å². The highest BCUT2D eigenvalue weighted by Gasteiger charge is 2.40. The summed E-state index contributed by atoms with van der Waals surface area (Å²) in [6.07, 6.45) is 6.41. The molecule has 0 heterocycles. The Morgan fingerprint density at radius 2 is 1.91 bits per heavy atom. The maximum absolute atomic E-state index is 12.1. The summed E-state index contributed by atoms with van der Waals surface area (Å²) >= 11 is 0. The molecule has 0 radical (unpaired) electrons. The fourth-order valence-electron chi connectivity index (χ4n) is 3.57. The van der Waals surface area contributed by atoms with Gasteiger partial charge in [-0.25, -0.2) is 0 Å². The molecule has 3 heteroatoms. The van der Waals surface area contributed by atoms with Gasteiger partial charge in [0.15, 0.2) is 0 Å².